The third kappa shape index (κ3) is 3.27. The lowest BCUT2D eigenvalue weighted by Crippen LogP contribution is -2.20. The highest BCUT2D eigenvalue weighted by Gasteiger charge is 2.21. The van der Waals surface area contributed by atoms with E-state index < -0.39 is 0 Å². The number of rotatable bonds is 4. The zero-order valence-corrected chi connectivity index (χ0v) is 12.9. The summed E-state index contributed by atoms with van der Waals surface area (Å²) in [5.41, 5.74) is 1.69. The lowest BCUT2D eigenvalue weighted by molar-refractivity contribution is 0.369. The van der Waals surface area contributed by atoms with Crippen molar-refractivity contribution in [2.75, 3.05) is 0 Å². The van der Waals surface area contributed by atoms with E-state index in [0.29, 0.717) is 0 Å². The minimum atomic E-state index is 0.207. The molecule has 0 aliphatic rings. The van der Waals surface area contributed by atoms with E-state index >= 15 is 0 Å². The minimum absolute atomic E-state index is 0.207. The van der Waals surface area contributed by atoms with Crippen molar-refractivity contribution in [3.8, 4) is 0 Å². The first-order valence-corrected chi connectivity index (χ1v) is 7.89. The van der Waals surface area contributed by atoms with Crippen LogP contribution in [0.1, 0.15) is 39.2 Å². The molecule has 1 heterocycles. The van der Waals surface area contributed by atoms with Crippen molar-refractivity contribution in [3.63, 3.8) is 0 Å². The van der Waals surface area contributed by atoms with Crippen LogP contribution in [-0.4, -0.2) is 5.38 Å². The second kappa shape index (κ2) is 5.63. The number of hydrogen-bond donors (Lipinski definition) is 0. The zero-order valence-electron chi connectivity index (χ0n) is 11.4. The van der Waals surface area contributed by atoms with Gasteiger partial charge >= 0.3 is 0 Å². The third-order valence-electron chi connectivity index (χ3n) is 3.40. The van der Waals surface area contributed by atoms with Gasteiger partial charge in [0, 0.05) is 10.1 Å². The second-order valence-electron chi connectivity index (χ2n) is 5.98. The molecule has 2 rings (SSSR count). The number of hydrogen-bond acceptors (Lipinski definition) is 1. The summed E-state index contributed by atoms with van der Waals surface area (Å²) in [7, 11) is 0. The smallest absolute Gasteiger partial charge is 0.0384 e. The van der Waals surface area contributed by atoms with Crippen LogP contribution in [0.4, 0.5) is 0 Å². The summed E-state index contributed by atoms with van der Waals surface area (Å²) in [4.78, 5) is 0. The van der Waals surface area contributed by atoms with Gasteiger partial charge in [0.25, 0.3) is 0 Å². The molecule has 0 aliphatic heterocycles. The molecule has 0 aliphatic carbocycles. The van der Waals surface area contributed by atoms with E-state index in [0.717, 1.165) is 12.8 Å². The monoisotopic (exact) mass is 280 g/mol. The quantitative estimate of drug-likeness (QED) is 0.614. The van der Waals surface area contributed by atoms with Crippen molar-refractivity contribution in [1.29, 1.82) is 0 Å². The van der Waals surface area contributed by atoms with Gasteiger partial charge < -0.3 is 0 Å². The first kappa shape index (κ1) is 13.9. The number of alkyl halides is 1. The number of thiophene rings is 1. The van der Waals surface area contributed by atoms with Gasteiger partial charge in [-0.3, -0.25) is 0 Å². The third-order valence-corrected chi connectivity index (χ3v) is 5.29. The summed E-state index contributed by atoms with van der Waals surface area (Å²) in [6, 6.07) is 8.65. The molecule has 0 saturated heterocycles. The largest absolute Gasteiger partial charge is 0.144 e. The van der Waals surface area contributed by atoms with Crippen LogP contribution in [0, 0.1) is 5.41 Å². The van der Waals surface area contributed by atoms with Crippen molar-refractivity contribution in [2.45, 2.75) is 45.4 Å². The van der Waals surface area contributed by atoms with Gasteiger partial charge in [-0.15, -0.1) is 22.9 Å². The van der Waals surface area contributed by atoms with Crippen LogP contribution in [0.3, 0.4) is 0 Å². The SMILES string of the molecule is CC(C)(C)C(Cl)CCCc1csc2ccccc12. The number of fused-ring (bicyclic) bond motifs is 1. The maximum atomic E-state index is 6.42. The summed E-state index contributed by atoms with van der Waals surface area (Å²) < 4.78 is 1.39. The molecule has 1 aromatic heterocycles. The van der Waals surface area contributed by atoms with Crippen LogP contribution in [-0.2, 0) is 6.42 Å². The molecule has 2 aromatic rings. The van der Waals surface area contributed by atoms with E-state index in [4.69, 9.17) is 11.6 Å². The Bertz CT molecular complexity index is 507. The Morgan fingerprint density at radius 2 is 1.94 bits per heavy atom. The summed E-state index contributed by atoms with van der Waals surface area (Å²) >= 11 is 8.26. The van der Waals surface area contributed by atoms with Crippen LogP contribution in [0.15, 0.2) is 29.6 Å². The first-order chi connectivity index (χ1) is 8.48. The molecule has 1 unspecified atom stereocenters. The van der Waals surface area contributed by atoms with Crippen molar-refractivity contribution >= 4 is 33.0 Å². The predicted octanol–water partition coefficient (Wildman–Crippen LogP) is 5.88. The van der Waals surface area contributed by atoms with Gasteiger partial charge in [-0.05, 0) is 47.1 Å². The van der Waals surface area contributed by atoms with Gasteiger partial charge in [0.05, 0.1) is 0 Å². The van der Waals surface area contributed by atoms with E-state index in [1.54, 1.807) is 0 Å². The summed E-state index contributed by atoms with van der Waals surface area (Å²) in [6.07, 6.45) is 3.41. The molecule has 0 nitrogen and oxygen atoms in total. The lowest BCUT2D eigenvalue weighted by Gasteiger charge is -2.24. The van der Waals surface area contributed by atoms with Crippen molar-refractivity contribution in [1.82, 2.24) is 0 Å². The predicted molar refractivity (Wildman–Crippen MR) is 83.9 cm³/mol. The van der Waals surface area contributed by atoms with Gasteiger partial charge in [0.1, 0.15) is 0 Å². The standard InChI is InChI=1S/C16H21ClS/c1-16(2,3)15(17)10-6-7-12-11-18-14-9-5-4-8-13(12)14/h4-5,8-9,11,15H,6-7,10H2,1-3H3. The van der Waals surface area contributed by atoms with Crippen molar-refractivity contribution in [3.05, 3.63) is 35.2 Å². The molecular formula is C16H21ClS. The molecule has 0 radical (unpaired) electrons. The second-order valence-corrected chi connectivity index (χ2v) is 7.42. The maximum absolute atomic E-state index is 6.42. The topological polar surface area (TPSA) is 0 Å². The molecule has 0 saturated carbocycles. The molecule has 0 amide bonds. The van der Waals surface area contributed by atoms with Crippen LogP contribution in [0.25, 0.3) is 10.1 Å². The Morgan fingerprint density at radius 3 is 2.67 bits per heavy atom. The van der Waals surface area contributed by atoms with Crippen LogP contribution < -0.4 is 0 Å². The first-order valence-electron chi connectivity index (χ1n) is 6.57. The number of benzene rings is 1. The number of aryl methyl sites for hydroxylation is 1. The highest BCUT2D eigenvalue weighted by atomic mass is 35.5. The van der Waals surface area contributed by atoms with E-state index in [1.807, 2.05) is 11.3 Å². The van der Waals surface area contributed by atoms with Crippen molar-refractivity contribution < 1.29 is 0 Å². The molecule has 98 valence electrons. The Kier molecular flexibility index (Phi) is 4.34. The Balaban J connectivity index is 1.95. The average molecular weight is 281 g/mol. The average Bonchev–Trinajstić information content (AvgIpc) is 2.71. The summed E-state index contributed by atoms with van der Waals surface area (Å²) in [5, 5.41) is 3.98. The van der Waals surface area contributed by atoms with Gasteiger partial charge in [0.2, 0.25) is 0 Å². The van der Waals surface area contributed by atoms with E-state index in [9.17, 15) is 0 Å². The molecule has 0 fully saturated rings. The molecule has 18 heavy (non-hydrogen) atoms. The summed E-state index contributed by atoms with van der Waals surface area (Å²) in [5.74, 6) is 0. The van der Waals surface area contributed by atoms with E-state index in [-0.39, 0.29) is 10.8 Å². The van der Waals surface area contributed by atoms with E-state index in [2.05, 4.69) is 50.4 Å². The summed E-state index contributed by atoms with van der Waals surface area (Å²) in [6.45, 7) is 6.64. The number of halogens is 1. The molecule has 0 spiro atoms. The zero-order chi connectivity index (χ0) is 13.2. The normalized spacial score (nSPS) is 14.0. The maximum Gasteiger partial charge on any atom is 0.0384 e. The van der Waals surface area contributed by atoms with Crippen molar-refractivity contribution in [2.24, 2.45) is 5.41 Å². The molecule has 0 bridgehead atoms. The fourth-order valence-electron chi connectivity index (χ4n) is 2.13. The van der Waals surface area contributed by atoms with Gasteiger partial charge in [-0.1, -0.05) is 39.0 Å². The molecule has 1 aromatic carbocycles. The lowest BCUT2D eigenvalue weighted by atomic mass is 9.88. The van der Waals surface area contributed by atoms with Crippen LogP contribution in [0.2, 0.25) is 0 Å². The Morgan fingerprint density at radius 1 is 1.22 bits per heavy atom. The fraction of sp³-hybridized carbons (Fsp3) is 0.500. The molecule has 2 heteroatoms. The minimum Gasteiger partial charge on any atom is -0.144 e. The molecular weight excluding hydrogens is 260 g/mol. The fourth-order valence-corrected chi connectivity index (χ4v) is 3.28. The Labute approximate surface area is 119 Å². The highest BCUT2D eigenvalue weighted by molar-refractivity contribution is 7.17. The Hall–Kier alpha value is -0.530. The van der Waals surface area contributed by atoms with Crippen LogP contribution in [0.5, 0.6) is 0 Å². The molecule has 0 N–H and O–H groups in total. The van der Waals surface area contributed by atoms with Gasteiger partial charge in [-0.2, -0.15) is 0 Å². The van der Waals surface area contributed by atoms with Gasteiger partial charge in [0.15, 0.2) is 0 Å². The van der Waals surface area contributed by atoms with Crippen LogP contribution >= 0.6 is 22.9 Å². The molecule has 1 atom stereocenters. The van der Waals surface area contributed by atoms with Gasteiger partial charge in [-0.25, -0.2) is 0 Å². The van der Waals surface area contributed by atoms with E-state index in [1.165, 1.54) is 22.1 Å². The highest BCUT2D eigenvalue weighted by Crippen LogP contribution is 2.30.